The molecule has 0 aliphatic rings. The highest BCUT2D eigenvalue weighted by Crippen LogP contribution is 2.17. The van der Waals surface area contributed by atoms with Gasteiger partial charge in [0.1, 0.15) is 0 Å². The summed E-state index contributed by atoms with van der Waals surface area (Å²) in [6.45, 7) is 12.9. The van der Waals surface area contributed by atoms with Crippen LogP contribution in [-0.2, 0) is 0 Å². The average Bonchev–Trinajstić information content (AvgIpc) is 2.46. The van der Waals surface area contributed by atoms with Gasteiger partial charge in [-0.15, -0.1) is 0 Å². The fourth-order valence-corrected chi connectivity index (χ4v) is 1.78. The van der Waals surface area contributed by atoms with Gasteiger partial charge in [-0.05, 0) is 52.8 Å². The molecule has 15 heavy (non-hydrogen) atoms. The minimum Gasteiger partial charge on any atom is -0.317 e. The zero-order chi connectivity index (χ0) is 11.4. The van der Waals surface area contributed by atoms with E-state index in [1.54, 1.807) is 0 Å². The van der Waals surface area contributed by atoms with Crippen LogP contribution in [0.15, 0.2) is 0 Å². The summed E-state index contributed by atoms with van der Waals surface area (Å²) in [4.78, 5) is 0. The minimum atomic E-state index is 0.483. The molecule has 1 aromatic rings. The van der Waals surface area contributed by atoms with Gasteiger partial charge in [-0.1, -0.05) is 6.92 Å². The van der Waals surface area contributed by atoms with Crippen molar-refractivity contribution in [2.45, 2.75) is 47.1 Å². The van der Waals surface area contributed by atoms with Gasteiger partial charge in [0, 0.05) is 5.69 Å². The van der Waals surface area contributed by atoms with Gasteiger partial charge < -0.3 is 5.32 Å². The predicted octanol–water partition coefficient (Wildman–Crippen LogP) is 2.37. The minimum absolute atomic E-state index is 0.483. The Bertz CT molecular complexity index is 315. The molecular formula is C12H23N3. The molecule has 3 nitrogen and oxygen atoms in total. The van der Waals surface area contributed by atoms with E-state index in [4.69, 9.17) is 0 Å². The number of nitrogens with zero attached hydrogens (tertiary/aromatic N) is 2. The van der Waals surface area contributed by atoms with Crippen LogP contribution in [0, 0.1) is 20.8 Å². The molecule has 0 saturated heterocycles. The lowest BCUT2D eigenvalue weighted by Crippen LogP contribution is -2.19. The Kier molecular flexibility index (Phi) is 4.33. The summed E-state index contributed by atoms with van der Waals surface area (Å²) in [6.07, 6.45) is 1.13. The first-order valence-electron chi connectivity index (χ1n) is 5.81. The Morgan fingerprint density at radius 3 is 2.47 bits per heavy atom. The molecule has 0 bridgehead atoms. The van der Waals surface area contributed by atoms with Crippen molar-refractivity contribution in [3.8, 4) is 0 Å². The molecule has 1 unspecified atom stereocenters. The highest BCUT2D eigenvalue weighted by Gasteiger charge is 2.12. The normalized spacial score (nSPS) is 13.1. The van der Waals surface area contributed by atoms with Crippen molar-refractivity contribution < 1.29 is 0 Å². The summed E-state index contributed by atoms with van der Waals surface area (Å²) < 4.78 is 2.15. The summed E-state index contributed by atoms with van der Waals surface area (Å²) in [7, 11) is 0. The maximum atomic E-state index is 4.58. The highest BCUT2D eigenvalue weighted by molar-refractivity contribution is 5.22. The van der Waals surface area contributed by atoms with Crippen LogP contribution < -0.4 is 5.32 Å². The predicted molar refractivity (Wildman–Crippen MR) is 64.3 cm³/mol. The largest absolute Gasteiger partial charge is 0.317 e. The van der Waals surface area contributed by atoms with Gasteiger partial charge >= 0.3 is 0 Å². The van der Waals surface area contributed by atoms with Crippen LogP contribution in [0.4, 0.5) is 0 Å². The topological polar surface area (TPSA) is 29.9 Å². The molecule has 1 rings (SSSR count). The molecule has 86 valence electrons. The van der Waals surface area contributed by atoms with E-state index in [9.17, 15) is 0 Å². The van der Waals surface area contributed by atoms with Gasteiger partial charge in [-0.25, -0.2) is 0 Å². The van der Waals surface area contributed by atoms with Crippen molar-refractivity contribution >= 4 is 0 Å². The summed E-state index contributed by atoms with van der Waals surface area (Å²) in [6, 6.07) is 0.483. The maximum absolute atomic E-state index is 4.58. The Hall–Kier alpha value is -0.830. The number of hydrogen-bond acceptors (Lipinski definition) is 2. The summed E-state index contributed by atoms with van der Waals surface area (Å²) in [5, 5.41) is 7.93. The molecule has 0 fully saturated rings. The molecule has 0 aliphatic heterocycles. The highest BCUT2D eigenvalue weighted by atomic mass is 15.3. The zero-order valence-electron chi connectivity index (χ0n) is 10.6. The van der Waals surface area contributed by atoms with E-state index in [1.165, 1.54) is 11.3 Å². The lowest BCUT2D eigenvalue weighted by molar-refractivity contribution is 0.437. The van der Waals surface area contributed by atoms with E-state index in [0.717, 1.165) is 25.2 Å². The summed E-state index contributed by atoms with van der Waals surface area (Å²) >= 11 is 0. The van der Waals surface area contributed by atoms with E-state index < -0.39 is 0 Å². The third-order valence-corrected chi connectivity index (χ3v) is 3.09. The van der Waals surface area contributed by atoms with Crippen molar-refractivity contribution in [1.29, 1.82) is 0 Å². The van der Waals surface area contributed by atoms with Crippen LogP contribution in [0.5, 0.6) is 0 Å². The lowest BCUT2D eigenvalue weighted by atomic mass is 10.2. The third kappa shape index (κ3) is 2.81. The van der Waals surface area contributed by atoms with Crippen molar-refractivity contribution in [2.75, 3.05) is 13.1 Å². The Morgan fingerprint density at radius 2 is 2.00 bits per heavy atom. The van der Waals surface area contributed by atoms with Crippen molar-refractivity contribution in [1.82, 2.24) is 15.1 Å². The molecule has 1 aromatic heterocycles. The van der Waals surface area contributed by atoms with E-state index in [0.29, 0.717) is 6.04 Å². The van der Waals surface area contributed by atoms with E-state index in [2.05, 4.69) is 49.7 Å². The molecule has 0 spiro atoms. The fourth-order valence-electron chi connectivity index (χ4n) is 1.78. The molecule has 0 saturated carbocycles. The smallest absolute Gasteiger partial charge is 0.0625 e. The Morgan fingerprint density at radius 1 is 1.33 bits per heavy atom. The van der Waals surface area contributed by atoms with Gasteiger partial charge in [0.2, 0.25) is 0 Å². The van der Waals surface area contributed by atoms with Crippen LogP contribution in [0.25, 0.3) is 0 Å². The zero-order valence-corrected chi connectivity index (χ0v) is 10.6. The number of nitrogens with one attached hydrogen (secondary N) is 1. The fraction of sp³-hybridized carbons (Fsp3) is 0.750. The summed E-state index contributed by atoms with van der Waals surface area (Å²) in [5.41, 5.74) is 3.78. The molecule has 0 radical (unpaired) electrons. The van der Waals surface area contributed by atoms with E-state index >= 15 is 0 Å². The first-order valence-corrected chi connectivity index (χ1v) is 5.81. The average molecular weight is 209 g/mol. The van der Waals surface area contributed by atoms with Gasteiger partial charge in [0.25, 0.3) is 0 Å². The molecule has 1 N–H and O–H groups in total. The second kappa shape index (κ2) is 5.31. The maximum Gasteiger partial charge on any atom is 0.0625 e. The Balaban J connectivity index is 2.65. The van der Waals surface area contributed by atoms with Crippen LogP contribution >= 0.6 is 0 Å². The van der Waals surface area contributed by atoms with Gasteiger partial charge in [-0.3, -0.25) is 4.68 Å². The second-order valence-electron chi connectivity index (χ2n) is 4.23. The number of hydrogen-bond donors (Lipinski definition) is 1. The van der Waals surface area contributed by atoms with Gasteiger partial charge in [0.05, 0.1) is 11.7 Å². The molecular weight excluding hydrogens is 186 g/mol. The second-order valence-corrected chi connectivity index (χ2v) is 4.23. The Labute approximate surface area is 92.9 Å². The van der Waals surface area contributed by atoms with E-state index in [-0.39, 0.29) is 0 Å². The molecule has 1 heterocycles. The molecule has 3 heteroatoms. The van der Waals surface area contributed by atoms with Crippen LogP contribution in [0.3, 0.4) is 0 Å². The van der Waals surface area contributed by atoms with Crippen LogP contribution in [-0.4, -0.2) is 22.9 Å². The number of rotatable bonds is 5. The molecule has 0 amide bonds. The first-order chi connectivity index (χ1) is 7.07. The van der Waals surface area contributed by atoms with Crippen molar-refractivity contribution in [3.63, 3.8) is 0 Å². The quantitative estimate of drug-likeness (QED) is 0.755. The van der Waals surface area contributed by atoms with Crippen LogP contribution in [0.1, 0.15) is 43.3 Å². The van der Waals surface area contributed by atoms with Crippen molar-refractivity contribution in [3.05, 3.63) is 17.0 Å². The SMILES string of the molecule is CCNCCC(C)n1nc(C)c(C)c1C. The molecule has 0 aliphatic carbocycles. The van der Waals surface area contributed by atoms with Gasteiger partial charge in [0.15, 0.2) is 0 Å². The summed E-state index contributed by atoms with van der Waals surface area (Å²) in [5.74, 6) is 0. The standard InChI is InChI=1S/C12H23N3/c1-6-13-8-7-9(2)15-12(5)10(3)11(4)14-15/h9,13H,6-8H2,1-5H3. The van der Waals surface area contributed by atoms with Crippen LogP contribution in [0.2, 0.25) is 0 Å². The molecule has 1 atom stereocenters. The third-order valence-electron chi connectivity index (χ3n) is 3.09. The molecule has 0 aromatic carbocycles. The van der Waals surface area contributed by atoms with Crippen molar-refractivity contribution in [2.24, 2.45) is 0 Å². The van der Waals surface area contributed by atoms with E-state index in [1.807, 2.05) is 0 Å². The number of aryl methyl sites for hydroxylation is 1. The lowest BCUT2D eigenvalue weighted by Gasteiger charge is -2.14. The van der Waals surface area contributed by atoms with Gasteiger partial charge in [-0.2, -0.15) is 5.10 Å². The first kappa shape index (κ1) is 12.2. The number of aromatic nitrogens is 2. The monoisotopic (exact) mass is 209 g/mol.